The Morgan fingerprint density at radius 1 is 0.933 bits per heavy atom. The monoisotopic (exact) mass is 392 g/mol. The zero-order valence-electron chi connectivity index (χ0n) is 17.6. The van der Waals surface area contributed by atoms with Gasteiger partial charge < -0.3 is 0 Å². The number of benzene rings is 3. The molecule has 0 saturated heterocycles. The van der Waals surface area contributed by atoms with E-state index in [0.717, 1.165) is 30.2 Å². The molecule has 0 bridgehead atoms. The SMILES string of the molecule is C=CCc1ccc(/C(=C(/CCCC)c2ccccc2)c2ccc3[nH]ncc3c2)cc1. The van der Waals surface area contributed by atoms with Gasteiger partial charge in [0.1, 0.15) is 0 Å². The minimum Gasteiger partial charge on any atom is -0.278 e. The number of rotatable bonds is 8. The molecule has 0 spiro atoms. The van der Waals surface area contributed by atoms with Crippen molar-refractivity contribution in [3.8, 4) is 0 Å². The van der Waals surface area contributed by atoms with Crippen molar-refractivity contribution in [2.24, 2.45) is 0 Å². The van der Waals surface area contributed by atoms with Crippen LogP contribution in [0.3, 0.4) is 0 Å². The first kappa shape index (κ1) is 19.9. The molecule has 30 heavy (non-hydrogen) atoms. The van der Waals surface area contributed by atoms with E-state index in [0.29, 0.717) is 0 Å². The van der Waals surface area contributed by atoms with Gasteiger partial charge in [-0.2, -0.15) is 5.10 Å². The predicted octanol–water partition coefficient (Wildman–Crippen LogP) is 7.44. The van der Waals surface area contributed by atoms with Crippen molar-refractivity contribution in [2.45, 2.75) is 32.6 Å². The second-order valence-electron chi connectivity index (χ2n) is 7.68. The van der Waals surface area contributed by atoms with Gasteiger partial charge in [-0.3, -0.25) is 5.10 Å². The summed E-state index contributed by atoms with van der Waals surface area (Å²) in [6.45, 7) is 6.12. The molecule has 0 radical (unpaired) electrons. The third-order valence-electron chi connectivity index (χ3n) is 5.56. The van der Waals surface area contributed by atoms with Crippen LogP contribution in [0.15, 0.2) is 91.6 Å². The summed E-state index contributed by atoms with van der Waals surface area (Å²) in [5.41, 5.74) is 8.83. The molecule has 2 nitrogen and oxygen atoms in total. The van der Waals surface area contributed by atoms with Crippen molar-refractivity contribution in [2.75, 3.05) is 0 Å². The third-order valence-corrected chi connectivity index (χ3v) is 5.56. The molecule has 0 aliphatic rings. The van der Waals surface area contributed by atoms with Crippen molar-refractivity contribution in [1.82, 2.24) is 10.2 Å². The highest BCUT2D eigenvalue weighted by molar-refractivity contribution is 6.00. The van der Waals surface area contributed by atoms with Crippen LogP contribution in [0, 0.1) is 0 Å². The van der Waals surface area contributed by atoms with E-state index in [4.69, 9.17) is 0 Å². The number of aromatic nitrogens is 2. The van der Waals surface area contributed by atoms with E-state index in [1.54, 1.807) is 0 Å². The third kappa shape index (κ3) is 4.28. The maximum absolute atomic E-state index is 4.21. The molecule has 150 valence electrons. The van der Waals surface area contributed by atoms with Crippen LogP contribution in [0.25, 0.3) is 22.0 Å². The smallest absolute Gasteiger partial charge is 0.0650 e. The number of unbranched alkanes of at least 4 members (excludes halogenated alkanes) is 1. The molecule has 4 aromatic rings. The van der Waals surface area contributed by atoms with Crippen LogP contribution in [0.2, 0.25) is 0 Å². The molecule has 0 aliphatic heterocycles. The molecule has 0 fully saturated rings. The number of hydrogen-bond donors (Lipinski definition) is 1. The van der Waals surface area contributed by atoms with Gasteiger partial charge in [0.05, 0.1) is 11.7 Å². The fraction of sp³-hybridized carbons (Fsp3) is 0.179. The maximum Gasteiger partial charge on any atom is 0.0650 e. The summed E-state index contributed by atoms with van der Waals surface area (Å²) < 4.78 is 0. The molecular weight excluding hydrogens is 364 g/mol. The molecule has 2 heteroatoms. The van der Waals surface area contributed by atoms with Crippen molar-refractivity contribution in [3.05, 3.63) is 114 Å². The minimum absolute atomic E-state index is 0.891. The molecule has 3 aromatic carbocycles. The van der Waals surface area contributed by atoms with Gasteiger partial charge in [-0.25, -0.2) is 0 Å². The van der Waals surface area contributed by atoms with E-state index in [1.807, 2.05) is 12.3 Å². The summed E-state index contributed by atoms with van der Waals surface area (Å²) in [6.07, 6.45) is 8.13. The Balaban J connectivity index is 1.94. The molecule has 4 rings (SSSR count). The standard InChI is InChI=1S/C28H28N2/c1-3-5-12-26(22-10-7-6-8-11-22)28(23-15-13-21(9-4-2)14-16-23)24-17-18-27-25(19-24)20-29-30-27/h4,6-8,10-11,13-20H,2-3,5,9,12H2,1H3,(H,29,30)/b28-26+. The van der Waals surface area contributed by atoms with Gasteiger partial charge in [0.2, 0.25) is 0 Å². The van der Waals surface area contributed by atoms with E-state index >= 15 is 0 Å². The van der Waals surface area contributed by atoms with Gasteiger partial charge in [-0.05, 0) is 64.8 Å². The summed E-state index contributed by atoms with van der Waals surface area (Å²) in [5, 5.41) is 8.41. The van der Waals surface area contributed by atoms with Gasteiger partial charge in [-0.15, -0.1) is 6.58 Å². The van der Waals surface area contributed by atoms with Crippen LogP contribution in [-0.2, 0) is 6.42 Å². The number of nitrogens with one attached hydrogen (secondary N) is 1. The van der Waals surface area contributed by atoms with Crippen LogP contribution in [0.1, 0.15) is 48.4 Å². The number of nitrogens with zero attached hydrogens (tertiary/aromatic N) is 1. The Morgan fingerprint density at radius 2 is 1.70 bits per heavy atom. The van der Waals surface area contributed by atoms with E-state index < -0.39 is 0 Å². The molecule has 1 aromatic heterocycles. The first-order chi connectivity index (χ1) is 14.8. The van der Waals surface area contributed by atoms with Crippen molar-refractivity contribution in [1.29, 1.82) is 0 Å². The summed E-state index contributed by atoms with van der Waals surface area (Å²) in [4.78, 5) is 0. The lowest BCUT2D eigenvalue weighted by Gasteiger charge is -2.18. The molecule has 0 aliphatic carbocycles. The number of hydrogen-bond acceptors (Lipinski definition) is 1. The topological polar surface area (TPSA) is 28.7 Å². The summed E-state index contributed by atoms with van der Waals surface area (Å²) >= 11 is 0. The number of H-pyrrole nitrogens is 1. The van der Waals surface area contributed by atoms with E-state index in [9.17, 15) is 0 Å². The molecule has 1 heterocycles. The average Bonchev–Trinajstić information content (AvgIpc) is 3.26. The zero-order valence-corrected chi connectivity index (χ0v) is 17.6. The highest BCUT2D eigenvalue weighted by Gasteiger charge is 2.15. The summed E-state index contributed by atoms with van der Waals surface area (Å²) in [6, 6.07) is 26.3. The largest absolute Gasteiger partial charge is 0.278 e. The first-order valence-electron chi connectivity index (χ1n) is 10.7. The van der Waals surface area contributed by atoms with Crippen LogP contribution < -0.4 is 0 Å². The van der Waals surface area contributed by atoms with Crippen LogP contribution in [-0.4, -0.2) is 10.2 Å². The minimum atomic E-state index is 0.891. The fourth-order valence-electron chi connectivity index (χ4n) is 3.99. The van der Waals surface area contributed by atoms with Crippen LogP contribution >= 0.6 is 0 Å². The molecule has 0 unspecified atom stereocenters. The number of aromatic amines is 1. The lowest BCUT2D eigenvalue weighted by Crippen LogP contribution is -1.97. The number of allylic oxidation sites excluding steroid dienone is 2. The normalized spacial score (nSPS) is 12.0. The molecule has 0 amide bonds. The van der Waals surface area contributed by atoms with Crippen LogP contribution in [0.4, 0.5) is 0 Å². The second kappa shape index (κ2) is 9.41. The van der Waals surface area contributed by atoms with E-state index in [1.165, 1.54) is 39.8 Å². The van der Waals surface area contributed by atoms with Crippen molar-refractivity contribution in [3.63, 3.8) is 0 Å². The Bertz CT molecular complexity index is 1150. The maximum atomic E-state index is 4.21. The average molecular weight is 393 g/mol. The Morgan fingerprint density at radius 3 is 2.43 bits per heavy atom. The molecule has 0 saturated carbocycles. The highest BCUT2D eigenvalue weighted by Crippen LogP contribution is 2.36. The van der Waals surface area contributed by atoms with Crippen molar-refractivity contribution >= 4 is 22.0 Å². The lowest BCUT2D eigenvalue weighted by molar-refractivity contribution is 0.825. The zero-order chi connectivity index (χ0) is 20.8. The van der Waals surface area contributed by atoms with Crippen LogP contribution in [0.5, 0.6) is 0 Å². The quantitative estimate of drug-likeness (QED) is 0.245. The number of fused-ring (bicyclic) bond motifs is 1. The van der Waals surface area contributed by atoms with Gasteiger partial charge >= 0.3 is 0 Å². The first-order valence-corrected chi connectivity index (χ1v) is 10.7. The Hall–Kier alpha value is -3.39. The van der Waals surface area contributed by atoms with Gasteiger partial charge in [0.15, 0.2) is 0 Å². The molecular formula is C28H28N2. The molecule has 0 atom stereocenters. The van der Waals surface area contributed by atoms with Gasteiger partial charge in [0.25, 0.3) is 0 Å². The van der Waals surface area contributed by atoms with E-state index in [2.05, 4.69) is 96.5 Å². The van der Waals surface area contributed by atoms with Crippen molar-refractivity contribution < 1.29 is 0 Å². The summed E-state index contributed by atoms with van der Waals surface area (Å²) in [7, 11) is 0. The Labute approximate surface area is 179 Å². The van der Waals surface area contributed by atoms with Gasteiger partial charge in [-0.1, -0.05) is 80.1 Å². The van der Waals surface area contributed by atoms with E-state index in [-0.39, 0.29) is 0 Å². The summed E-state index contributed by atoms with van der Waals surface area (Å²) in [5.74, 6) is 0. The lowest BCUT2D eigenvalue weighted by atomic mass is 9.86. The Kier molecular flexibility index (Phi) is 6.24. The predicted molar refractivity (Wildman–Crippen MR) is 128 cm³/mol. The molecule has 1 N–H and O–H groups in total. The second-order valence-corrected chi connectivity index (χ2v) is 7.68. The fourth-order valence-corrected chi connectivity index (χ4v) is 3.99. The highest BCUT2D eigenvalue weighted by atomic mass is 15.1. The van der Waals surface area contributed by atoms with Gasteiger partial charge in [0, 0.05) is 5.39 Å².